The zero-order valence-electron chi connectivity index (χ0n) is 9.47. The first kappa shape index (κ1) is 13.4. The smallest absolute Gasteiger partial charge is 0.207 e. The Morgan fingerprint density at radius 2 is 2.24 bits per heavy atom. The van der Waals surface area contributed by atoms with Crippen LogP contribution in [0.3, 0.4) is 0 Å². The van der Waals surface area contributed by atoms with Crippen molar-refractivity contribution in [1.82, 2.24) is 4.31 Å². The Morgan fingerprint density at radius 3 is 2.88 bits per heavy atom. The molecule has 0 radical (unpaired) electrons. The predicted molar refractivity (Wildman–Crippen MR) is 74.8 cm³/mol. The highest BCUT2D eigenvalue weighted by Gasteiger charge is 2.31. The average molecular weight is 336 g/mol. The van der Waals surface area contributed by atoms with Gasteiger partial charge in [0.1, 0.15) is 0 Å². The fourth-order valence-corrected chi connectivity index (χ4v) is 5.28. The molecule has 0 aliphatic carbocycles. The molecule has 0 amide bonds. The first-order valence-corrected chi connectivity index (χ1v) is 8.76. The molecule has 1 heterocycles. The summed E-state index contributed by atoms with van der Waals surface area (Å²) in [5, 5.41) is 0. The number of rotatable bonds is 2. The minimum atomic E-state index is -3.34. The molecule has 0 bridgehead atoms. The molecule has 1 aromatic rings. The second-order valence-corrected chi connectivity index (χ2v) is 7.95. The van der Waals surface area contributed by atoms with E-state index in [1.54, 1.807) is 34.3 Å². The van der Waals surface area contributed by atoms with E-state index in [4.69, 9.17) is 0 Å². The number of hydrogen-bond acceptors (Lipinski definition) is 3. The quantitative estimate of drug-likeness (QED) is 0.833. The minimum Gasteiger partial charge on any atom is -0.207 e. The fourth-order valence-electron chi connectivity index (χ4n) is 1.83. The fraction of sp³-hybridized carbons (Fsp3) is 0.455. The number of sulfonamides is 1. The molecule has 1 fully saturated rings. The van der Waals surface area contributed by atoms with Gasteiger partial charge in [0.2, 0.25) is 10.0 Å². The third-order valence-corrected chi connectivity index (χ3v) is 6.40. The van der Waals surface area contributed by atoms with E-state index in [1.165, 1.54) is 0 Å². The van der Waals surface area contributed by atoms with Gasteiger partial charge in [0.25, 0.3) is 0 Å². The van der Waals surface area contributed by atoms with Gasteiger partial charge in [-0.15, -0.1) is 0 Å². The molecule has 1 atom stereocenters. The van der Waals surface area contributed by atoms with Gasteiger partial charge in [0.15, 0.2) is 0 Å². The minimum absolute atomic E-state index is 0.0673. The van der Waals surface area contributed by atoms with Crippen molar-refractivity contribution >= 4 is 37.7 Å². The Balaban J connectivity index is 2.35. The lowest BCUT2D eigenvalue weighted by Crippen LogP contribution is -2.44. The van der Waals surface area contributed by atoms with Crippen molar-refractivity contribution < 1.29 is 8.42 Å². The monoisotopic (exact) mass is 335 g/mol. The van der Waals surface area contributed by atoms with Crippen LogP contribution in [-0.2, 0) is 10.0 Å². The molecule has 2 rings (SSSR count). The van der Waals surface area contributed by atoms with Gasteiger partial charge >= 0.3 is 0 Å². The van der Waals surface area contributed by atoms with Crippen LogP contribution in [0.5, 0.6) is 0 Å². The Labute approximate surface area is 115 Å². The van der Waals surface area contributed by atoms with Crippen LogP contribution in [0.2, 0.25) is 0 Å². The largest absolute Gasteiger partial charge is 0.243 e. The number of nitrogens with zero attached hydrogens (tertiary/aromatic N) is 1. The van der Waals surface area contributed by atoms with Crippen LogP contribution in [0, 0.1) is 0 Å². The molecule has 6 heteroatoms. The second kappa shape index (κ2) is 5.30. The number of halogens is 1. The molecule has 1 unspecified atom stereocenters. The summed E-state index contributed by atoms with van der Waals surface area (Å²) in [6, 6.07) is 6.95. The van der Waals surface area contributed by atoms with E-state index in [2.05, 4.69) is 15.9 Å². The first-order valence-electron chi connectivity index (χ1n) is 5.37. The molecule has 0 aromatic heterocycles. The summed E-state index contributed by atoms with van der Waals surface area (Å²) in [5.74, 6) is 1.74. The van der Waals surface area contributed by atoms with Gasteiger partial charge < -0.3 is 0 Å². The van der Waals surface area contributed by atoms with Crippen molar-refractivity contribution in [3.63, 3.8) is 0 Å². The number of hydrogen-bond donors (Lipinski definition) is 0. The predicted octanol–water partition coefficient (Wildman–Crippen LogP) is 2.58. The maximum absolute atomic E-state index is 12.4. The maximum atomic E-state index is 12.4. The summed E-state index contributed by atoms with van der Waals surface area (Å²) in [6.45, 7) is 2.56. The highest BCUT2D eigenvalue weighted by Crippen LogP contribution is 2.25. The topological polar surface area (TPSA) is 37.4 Å². The van der Waals surface area contributed by atoms with E-state index in [-0.39, 0.29) is 6.04 Å². The molecule has 1 saturated heterocycles. The molecule has 1 aromatic carbocycles. The zero-order chi connectivity index (χ0) is 12.5. The van der Waals surface area contributed by atoms with Crippen molar-refractivity contribution in [3.05, 3.63) is 28.7 Å². The number of benzene rings is 1. The second-order valence-electron chi connectivity index (χ2n) is 4.00. The van der Waals surface area contributed by atoms with Crippen LogP contribution < -0.4 is 0 Å². The Morgan fingerprint density at radius 1 is 1.47 bits per heavy atom. The molecular formula is C11H14BrNO2S2. The van der Waals surface area contributed by atoms with Crippen LogP contribution >= 0.6 is 27.7 Å². The molecular weight excluding hydrogens is 322 g/mol. The van der Waals surface area contributed by atoms with E-state index in [0.717, 1.165) is 16.0 Å². The van der Waals surface area contributed by atoms with Gasteiger partial charge in [0, 0.05) is 28.6 Å². The van der Waals surface area contributed by atoms with Crippen molar-refractivity contribution in [2.24, 2.45) is 0 Å². The summed E-state index contributed by atoms with van der Waals surface area (Å²) >= 11 is 5.11. The van der Waals surface area contributed by atoms with Crippen molar-refractivity contribution in [2.75, 3.05) is 18.1 Å². The lowest BCUT2D eigenvalue weighted by atomic mass is 10.4. The molecule has 0 spiro atoms. The van der Waals surface area contributed by atoms with Crippen LogP contribution in [0.15, 0.2) is 33.6 Å². The normalized spacial score (nSPS) is 22.6. The molecule has 1 aliphatic heterocycles. The van der Waals surface area contributed by atoms with E-state index in [9.17, 15) is 8.42 Å². The van der Waals surface area contributed by atoms with Crippen LogP contribution in [0.4, 0.5) is 0 Å². The maximum Gasteiger partial charge on any atom is 0.243 e. The van der Waals surface area contributed by atoms with Gasteiger partial charge in [-0.25, -0.2) is 8.42 Å². The van der Waals surface area contributed by atoms with Crippen molar-refractivity contribution in [3.8, 4) is 0 Å². The first-order chi connectivity index (χ1) is 8.01. The third kappa shape index (κ3) is 2.86. The highest BCUT2D eigenvalue weighted by atomic mass is 79.9. The average Bonchev–Trinajstić information content (AvgIpc) is 2.29. The summed E-state index contributed by atoms with van der Waals surface area (Å²) in [7, 11) is -3.34. The Kier molecular flexibility index (Phi) is 4.18. The lowest BCUT2D eigenvalue weighted by Gasteiger charge is -2.31. The molecule has 1 aliphatic rings. The Bertz CT molecular complexity index is 504. The van der Waals surface area contributed by atoms with E-state index >= 15 is 0 Å². The SMILES string of the molecule is CC1CSCCN1S(=O)(=O)c1cccc(Br)c1. The summed E-state index contributed by atoms with van der Waals surface area (Å²) in [6.07, 6.45) is 0. The van der Waals surface area contributed by atoms with Crippen LogP contribution in [-0.4, -0.2) is 36.8 Å². The van der Waals surface area contributed by atoms with Gasteiger partial charge in [-0.2, -0.15) is 16.1 Å². The Hall–Kier alpha value is -0.0400. The van der Waals surface area contributed by atoms with Gasteiger partial charge in [-0.3, -0.25) is 0 Å². The summed E-state index contributed by atoms with van der Waals surface area (Å²) in [4.78, 5) is 0.366. The third-order valence-electron chi connectivity index (χ3n) is 2.71. The lowest BCUT2D eigenvalue weighted by molar-refractivity contribution is 0.367. The van der Waals surface area contributed by atoms with Gasteiger partial charge in [-0.1, -0.05) is 22.0 Å². The zero-order valence-corrected chi connectivity index (χ0v) is 12.7. The van der Waals surface area contributed by atoms with Gasteiger partial charge in [0.05, 0.1) is 4.90 Å². The van der Waals surface area contributed by atoms with E-state index in [0.29, 0.717) is 11.4 Å². The molecule has 3 nitrogen and oxygen atoms in total. The standard InChI is InChI=1S/C11H14BrNO2S2/c1-9-8-16-6-5-13(9)17(14,15)11-4-2-3-10(12)7-11/h2-4,7,9H,5-6,8H2,1H3. The van der Waals surface area contributed by atoms with Crippen LogP contribution in [0.25, 0.3) is 0 Å². The number of thioether (sulfide) groups is 1. The van der Waals surface area contributed by atoms with Crippen LogP contribution in [0.1, 0.15) is 6.92 Å². The molecule has 17 heavy (non-hydrogen) atoms. The van der Waals surface area contributed by atoms with Crippen molar-refractivity contribution in [2.45, 2.75) is 17.9 Å². The van der Waals surface area contributed by atoms with E-state index in [1.807, 2.05) is 13.0 Å². The van der Waals surface area contributed by atoms with E-state index < -0.39 is 10.0 Å². The summed E-state index contributed by atoms with van der Waals surface area (Å²) < 4.78 is 27.3. The van der Waals surface area contributed by atoms with Gasteiger partial charge in [-0.05, 0) is 25.1 Å². The molecule has 94 valence electrons. The summed E-state index contributed by atoms with van der Waals surface area (Å²) in [5.41, 5.74) is 0. The molecule has 0 N–H and O–H groups in total. The highest BCUT2D eigenvalue weighted by molar-refractivity contribution is 9.10. The van der Waals surface area contributed by atoms with Crippen molar-refractivity contribution in [1.29, 1.82) is 0 Å². The molecule has 0 saturated carbocycles.